The summed E-state index contributed by atoms with van der Waals surface area (Å²) in [5.41, 5.74) is -0.0202. The first-order valence-corrected chi connectivity index (χ1v) is 5.52. The second-order valence-electron chi connectivity index (χ2n) is 3.50. The van der Waals surface area contributed by atoms with Gasteiger partial charge in [0.2, 0.25) is 5.75 Å². The number of rotatable bonds is 5. The molecule has 0 bridgehead atoms. The van der Waals surface area contributed by atoms with Crippen molar-refractivity contribution >= 4 is 21.6 Å². The Balaban J connectivity index is 2.80. The summed E-state index contributed by atoms with van der Waals surface area (Å²) in [6, 6.07) is 4.76. The average Bonchev–Trinajstić information content (AvgIpc) is 2.19. The first kappa shape index (κ1) is 12.9. The first-order chi connectivity index (χ1) is 7.52. The Morgan fingerprint density at radius 1 is 1.50 bits per heavy atom. The van der Waals surface area contributed by atoms with Gasteiger partial charge in [0.1, 0.15) is 6.61 Å². The zero-order chi connectivity index (χ0) is 12.1. The van der Waals surface area contributed by atoms with E-state index in [2.05, 4.69) is 15.9 Å². The van der Waals surface area contributed by atoms with Crippen LogP contribution in [-0.2, 0) is 0 Å². The lowest BCUT2D eigenvalue weighted by atomic mass is 10.3. The van der Waals surface area contributed by atoms with Crippen LogP contribution in [0, 0.1) is 10.1 Å². The SMILES string of the molecule is CN(C)CCOc1c(Br)cccc1[N+](=O)[O-]. The summed E-state index contributed by atoms with van der Waals surface area (Å²) in [6.07, 6.45) is 0. The van der Waals surface area contributed by atoms with Crippen LogP contribution >= 0.6 is 15.9 Å². The van der Waals surface area contributed by atoms with Gasteiger partial charge in [-0.25, -0.2) is 0 Å². The largest absolute Gasteiger partial charge is 0.485 e. The number of nitro benzene ring substituents is 1. The molecule has 16 heavy (non-hydrogen) atoms. The first-order valence-electron chi connectivity index (χ1n) is 4.73. The molecular formula is C10H13BrN2O3. The molecule has 0 spiro atoms. The van der Waals surface area contributed by atoms with Crippen molar-refractivity contribution in [1.82, 2.24) is 4.90 Å². The minimum Gasteiger partial charge on any atom is -0.485 e. The Bertz CT molecular complexity index is 382. The van der Waals surface area contributed by atoms with Crippen LogP contribution in [0.25, 0.3) is 0 Å². The van der Waals surface area contributed by atoms with E-state index >= 15 is 0 Å². The van der Waals surface area contributed by atoms with Crippen molar-refractivity contribution in [2.45, 2.75) is 0 Å². The smallest absolute Gasteiger partial charge is 0.312 e. The fourth-order valence-corrected chi connectivity index (χ4v) is 1.58. The molecule has 0 unspecified atom stereocenters. The normalized spacial score (nSPS) is 10.5. The van der Waals surface area contributed by atoms with E-state index in [1.807, 2.05) is 19.0 Å². The number of likely N-dealkylation sites (N-methyl/N-ethyl adjacent to an activating group) is 1. The Hall–Kier alpha value is -1.14. The van der Waals surface area contributed by atoms with E-state index in [4.69, 9.17) is 4.74 Å². The van der Waals surface area contributed by atoms with Gasteiger partial charge >= 0.3 is 5.69 Å². The van der Waals surface area contributed by atoms with Crippen LogP contribution < -0.4 is 4.74 Å². The Kier molecular flexibility index (Phi) is 4.70. The number of halogens is 1. The highest BCUT2D eigenvalue weighted by atomic mass is 79.9. The van der Waals surface area contributed by atoms with Crippen molar-refractivity contribution < 1.29 is 9.66 Å². The minimum absolute atomic E-state index is 0.0202. The van der Waals surface area contributed by atoms with Gasteiger partial charge in [0.15, 0.2) is 0 Å². The van der Waals surface area contributed by atoms with E-state index in [1.54, 1.807) is 12.1 Å². The van der Waals surface area contributed by atoms with Crippen molar-refractivity contribution in [3.8, 4) is 5.75 Å². The molecule has 0 N–H and O–H groups in total. The van der Waals surface area contributed by atoms with Crippen molar-refractivity contribution in [3.63, 3.8) is 0 Å². The third-order valence-electron chi connectivity index (χ3n) is 1.93. The molecule has 0 aliphatic rings. The molecule has 0 fully saturated rings. The predicted octanol–water partition coefficient (Wildman–Crippen LogP) is 2.30. The van der Waals surface area contributed by atoms with Crippen molar-refractivity contribution in [2.24, 2.45) is 0 Å². The fraction of sp³-hybridized carbons (Fsp3) is 0.400. The van der Waals surface area contributed by atoms with Gasteiger partial charge < -0.3 is 9.64 Å². The van der Waals surface area contributed by atoms with Crippen LogP contribution in [-0.4, -0.2) is 37.1 Å². The van der Waals surface area contributed by atoms with E-state index in [9.17, 15) is 10.1 Å². The summed E-state index contributed by atoms with van der Waals surface area (Å²) in [6.45, 7) is 1.12. The van der Waals surface area contributed by atoms with Crippen LogP contribution in [0.4, 0.5) is 5.69 Å². The van der Waals surface area contributed by atoms with Gasteiger partial charge in [-0.15, -0.1) is 0 Å². The molecule has 0 saturated carbocycles. The summed E-state index contributed by atoms with van der Waals surface area (Å²) in [7, 11) is 3.83. The zero-order valence-corrected chi connectivity index (χ0v) is 10.7. The molecular weight excluding hydrogens is 276 g/mol. The van der Waals surface area contributed by atoms with Gasteiger partial charge in [-0.2, -0.15) is 0 Å². The van der Waals surface area contributed by atoms with Crippen molar-refractivity contribution in [1.29, 1.82) is 0 Å². The van der Waals surface area contributed by atoms with Crippen LogP contribution in [0.1, 0.15) is 0 Å². The van der Waals surface area contributed by atoms with E-state index < -0.39 is 4.92 Å². The van der Waals surface area contributed by atoms with E-state index in [0.717, 1.165) is 0 Å². The van der Waals surface area contributed by atoms with E-state index in [-0.39, 0.29) is 11.4 Å². The highest BCUT2D eigenvalue weighted by Crippen LogP contribution is 2.34. The molecule has 5 nitrogen and oxygen atoms in total. The van der Waals surface area contributed by atoms with Gasteiger partial charge in [0.05, 0.1) is 9.40 Å². The molecule has 0 aliphatic carbocycles. The number of nitrogens with zero attached hydrogens (tertiary/aromatic N) is 2. The number of nitro groups is 1. The lowest BCUT2D eigenvalue weighted by Crippen LogP contribution is -2.19. The second kappa shape index (κ2) is 5.81. The van der Waals surface area contributed by atoms with Crippen molar-refractivity contribution in [2.75, 3.05) is 27.2 Å². The average molecular weight is 289 g/mol. The van der Waals surface area contributed by atoms with Crippen LogP contribution in [0.3, 0.4) is 0 Å². The van der Waals surface area contributed by atoms with Gasteiger partial charge in [0, 0.05) is 12.6 Å². The maximum Gasteiger partial charge on any atom is 0.312 e. The lowest BCUT2D eigenvalue weighted by molar-refractivity contribution is -0.386. The topological polar surface area (TPSA) is 55.6 Å². The Morgan fingerprint density at radius 2 is 2.19 bits per heavy atom. The monoisotopic (exact) mass is 288 g/mol. The number of para-hydroxylation sites is 1. The van der Waals surface area contributed by atoms with Gasteiger partial charge in [-0.3, -0.25) is 10.1 Å². The molecule has 1 aromatic rings. The standard InChI is InChI=1S/C10H13BrN2O3/c1-12(2)6-7-16-10-8(11)4-3-5-9(10)13(14)15/h3-5H,6-7H2,1-2H3. The maximum absolute atomic E-state index is 10.8. The molecule has 0 aromatic heterocycles. The Labute approximate surface area is 102 Å². The molecule has 0 heterocycles. The third-order valence-corrected chi connectivity index (χ3v) is 2.55. The number of hydrogen-bond donors (Lipinski definition) is 0. The van der Waals surface area contributed by atoms with E-state index in [1.165, 1.54) is 6.07 Å². The van der Waals surface area contributed by atoms with Crippen LogP contribution in [0.2, 0.25) is 0 Å². The van der Waals surface area contributed by atoms with Crippen LogP contribution in [0.5, 0.6) is 5.75 Å². The summed E-state index contributed by atoms with van der Waals surface area (Å²) >= 11 is 3.24. The molecule has 0 amide bonds. The molecule has 0 saturated heterocycles. The predicted molar refractivity (Wildman–Crippen MR) is 64.8 cm³/mol. The summed E-state index contributed by atoms with van der Waals surface area (Å²) in [5, 5.41) is 10.8. The molecule has 88 valence electrons. The summed E-state index contributed by atoms with van der Waals surface area (Å²) < 4.78 is 6.01. The fourth-order valence-electron chi connectivity index (χ4n) is 1.11. The number of benzene rings is 1. The van der Waals surface area contributed by atoms with E-state index in [0.29, 0.717) is 17.6 Å². The molecule has 0 atom stereocenters. The Morgan fingerprint density at radius 3 is 2.75 bits per heavy atom. The summed E-state index contributed by atoms with van der Waals surface area (Å²) in [4.78, 5) is 12.3. The molecule has 0 aliphatic heterocycles. The van der Waals surface area contributed by atoms with Gasteiger partial charge in [-0.1, -0.05) is 6.07 Å². The van der Waals surface area contributed by atoms with Crippen molar-refractivity contribution in [3.05, 3.63) is 32.8 Å². The highest BCUT2D eigenvalue weighted by Gasteiger charge is 2.17. The van der Waals surface area contributed by atoms with Crippen LogP contribution in [0.15, 0.2) is 22.7 Å². The lowest BCUT2D eigenvalue weighted by Gasteiger charge is -2.11. The quantitative estimate of drug-likeness (QED) is 0.616. The van der Waals surface area contributed by atoms with Gasteiger partial charge in [0.25, 0.3) is 0 Å². The molecule has 1 aromatic carbocycles. The number of ether oxygens (including phenoxy) is 1. The molecule has 0 radical (unpaired) electrons. The second-order valence-corrected chi connectivity index (χ2v) is 4.35. The summed E-state index contributed by atoms with van der Waals surface area (Å²) in [5.74, 6) is 0.286. The number of hydrogen-bond acceptors (Lipinski definition) is 4. The maximum atomic E-state index is 10.8. The highest BCUT2D eigenvalue weighted by molar-refractivity contribution is 9.10. The molecule has 6 heteroatoms. The minimum atomic E-state index is -0.449. The molecule has 1 rings (SSSR count). The van der Waals surface area contributed by atoms with Gasteiger partial charge in [-0.05, 0) is 36.1 Å². The zero-order valence-electron chi connectivity index (χ0n) is 9.14. The third kappa shape index (κ3) is 3.46.